The van der Waals surface area contributed by atoms with E-state index in [-0.39, 0.29) is 24.4 Å². The number of amides is 4. The van der Waals surface area contributed by atoms with Crippen LogP contribution < -0.4 is 16.0 Å². The van der Waals surface area contributed by atoms with Crippen molar-refractivity contribution in [3.63, 3.8) is 0 Å². The molecule has 0 bridgehead atoms. The number of imide groups is 1. The molecule has 7 heteroatoms. The average Bonchev–Trinajstić information content (AvgIpc) is 2.54. The van der Waals surface area contributed by atoms with Crippen molar-refractivity contribution < 1.29 is 14.4 Å². The second-order valence-electron chi connectivity index (χ2n) is 5.41. The fourth-order valence-electron chi connectivity index (χ4n) is 2.53. The van der Waals surface area contributed by atoms with Gasteiger partial charge in [-0.15, -0.1) is 0 Å². The van der Waals surface area contributed by atoms with Crippen LogP contribution in [0, 0.1) is 0 Å². The van der Waals surface area contributed by atoms with Crippen LogP contribution in [0.3, 0.4) is 0 Å². The molecule has 0 saturated carbocycles. The number of nitrogens with zero attached hydrogens (tertiary/aromatic N) is 1. The zero-order valence-corrected chi connectivity index (χ0v) is 11.3. The molecular formula is C12H20N4O3. The van der Waals surface area contributed by atoms with E-state index >= 15 is 0 Å². The summed E-state index contributed by atoms with van der Waals surface area (Å²) >= 11 is 0. The number of urea groups is 1. The van der Waals surface area contributed by atoms with Crippen LogP contribution in [0.4, 0.5) is 4.79 Å². The Hall–Kier alpha value is -1.63. The normalized spacial score (nSPS) is 27.0. The lowest BCUT2D eigenvalue weighted by atomic mass is 9.90. The molecule has 1 atom stereocenters. The van der Waals surface area contributed by atoms with Crippen molar-refractivity contribution in [2.24, 2.45) is 0 Å². The molecule has 2 saturated heterocycles. The molecule has 0 aromatic heterocycles. The second kappa shape index (κ2) is 5.16. The van der Waals surface area contributed by atoms with Gasteiger partial charge in [0.1, 0.15) is 12.1 Å². The van der Waals surface area contributed by atoms with Gasteiger partial charge in [-0.25, -0.2) is 4.79 Å². The Morgan fingerprint density at radius 3 is 2.79 bits per heavy atom. The lowest BCUT2D eigenvalue weighted by Crippen LogP contribution is -2.57. The summed E-state index contributed by atoms with van der Waals surface area (Å²) in [7, 11) is 0. The summed E-state index contributed by atoms with van der Waals surface area (Å²) in [6.45, 7) is 4.72. The number of carbonyl (C=O) groups is 3. The molecule has 19 heavy (non-hydrogen) atoms. The van der Waals surface area contributed by atoms with E-state index in [1.165, 1.54) is 0 Å². The first-order valence-corrected chi connectivity index (χ1v) is 6.59. The van der Waals surface area contributed by atoms with Gasteiger partial charge in [0.2, 0.25) is 5.91 Å². The predicted molar refractivity (Wildman–Crippen MR) is 68.4 cm³/mol. The minimum Gasteiger partial charge on any atom is -0.352 e. The van der Waals surface area contributed by atoms with E-state index in [2.05, 4.69) is 16.0 Å². The lowest BCUT2D eigenvalue weighted by Gasteiger charge is -2.31. The predicted octanol–water partition coefficient (Wildman–Crippen LogP) is -0.815. The Kier molecular flexibility index (Phi) is 3.75. The summed E-state index contributed by atoms with van der Waals surface area (Å²) in [6.07, 6.45) is 1.45. The Labute approximate surface area is 112 Å². The van der Waals surface area contributed by atoms with Gasteiger partial charge in [-0.2, -0.15) is 0 Å². The maximum absolute atomic E-state index is 12.3. The molecule has 1 spiro atoms. The van der Waals surface area contributed by atoms with Crippen LogP contribution in [0.15, 0.2) is 0 Å². The van der Waals surface area contributed by atoms with Crippen LogP contribution in [-0.4, -0.2) is 54.0 Å². The Morgan fingerprint density at radius 2 is 2.21 bits per heavy atom. The molecule has 2 aliphatic heterocycles. The van der Waals surface area contributed by atoms with Gasteiger partial charge < -0.3 is 16.0 Å². The van der Waals surface area contributed by atoms with Crippen molar-refractivity contribution in [1.29, 1.82) is 0 Å². The number of hydrogen-bond donors (Lipinski definition) is 3. The molecule has 4 amide bonds. The average molecular weight is 268 g/mol. The van der Waals surface area contributed by atoms with Gasteiger partial charge in [-0.1, -0.05) is 0 Å². The highest BCUT2D eigenvalue weighted by atomic mass is 16.2. The van der Waals surface area contributed by atoms with Gasteiger partial charge in [-0.05, 0) is 33.2 Å². The third-order valence-electron chi connectivity index (χ3n) is 3.38. The molecule has 7 nitrogen and oxygen atoms in total. The summed E-state index contributed by atoms with van der Waals surface area (Å²) in [5, 5.41) is 8.51. The van der Waals surface area contributed by atoms with E-state index in [9.17, 15) is 14.4 Å². The summed E-state index contributed by atoms with van der Waals surface area (Å²) in [5.41, 5.74) is -0.854. The third kappa shape index (κ3) is 2.70. The van der Waals surface area contributed by atoms with E-state index in [4.69, 9.17) is 0 Å². The highest BCUT2D eigenvalue weighted by Crippen LogP contribution is 2.24. The van der Waals surface area contributed by atoms with E-state index in [0.29, 0.717) is 13.0 Å². The summed E-state index contributed by atoms with van der Waals surface area (Å²) in [6, 6.07) is -0.494. The van der Waals surface area contributed by atoms with E-state index < -0.39 is 11.6 Å². The topological polar surface area (TPSA) is 90.5 Å². The third-order valence-corrected chi connectivity index (χ3v) is 3.38. The van der Waals surface area contributed by atoms with Crippen molar-refractivity contribution >= 4 is 17.8 Å². The van der Waals surface area contributed by atoms with Crippen LogP contribution in [0.25, 0.3) is 0 Å². The molecular weight excluding hydrogens is 248 g/mol. The molecule has 0 aromatic rings. The molecule has 2 rings (SSSR count). The van der Waals surface area contributed by atoms with Gasteiger partial charge in [-0.3, -0.25) is 14.5 Å². The number of piperidine rings is 1. The smallest absolute Gasteiger partial charge is 0.325 e. The summed E-state index contributed by atoms with van der Waals surface area (Å²) in [4.78, 5) is 36.9. The van der Waals surface area contributed by atoms with Crippen molar-refractivity contribution in [2.75, 3.05) is 19.6 Å². The van der Waals surface area contributed by atoms with Crippen LogP contribution in [0.5, 0.6) is 0 Å². The highest BCUT2D eigenvalue weighted by Gasteiger charge is 2.51. The largest absolute Gasteiger partial charge is 0.352 e. The molecule has 2 fully saturated rings. The molecule has 2 heterocycles. The summed E-state index contributed by atoms with van der Waals surface area (Å²) in [5.74, 6) is -0.622. The Balaban J connectivity index is 2.04. The standard InChI is InChI=1S/C12H20N4O3/c1-8(2)14-9(17)6-16-10(18)12(15-11(16)19)4-3-5-13-7-12/h8,13H,3-7H2,1-2H3,(H,14,17)(H,15,19). The van der Waals surface area contributed by atoms with Crippen molar-refractivity contribution in [3.05, 3.63) is 0 Å². The van der Waals surface area contributed by atoms with Crippen molar-refractivity contribution in [3.8, 4) is 0 Å². The summed E-state index contributed by atoms with van der Waals surface area (Å²) < 4.78 is 0. The fourth-order valence-corrected chi connectivity index (χ4v) is 2.53. The number of carbonyl (C=O) groups excluding carboxylic acids is 3. The Bertz CT molecular complexity index is 402. The zero-order chi connectivity index (χ0) is 14.0. The molecule has 0 aliphatic carbocycles. The molecule has 1 unspecified atom stereocenters. The van der Waals surface area contributed by atoms with E-state index in [1.807, 2.05) is 13.8 Å². The van der Waals surface area contributed by atoms with Crippen LogP contribution >= 0.6 is 0 Å². The van der Waals surface area contributed by atoms with Crippen molar-refractivity contribution in [2.45, 2.75) is 38.3 Å². The Morgan fingerprint density at radius 1 is 1.47 bits per heavy atom. The number of rotatable bonds is 3. The molecule has 2 aliphatic rings. The minimum absolute atomic E-state index is 0.0152. The molecule has 3 N–H and O–H groups in total. The first-order valence-electron chi connectivity index (χ1n) is 6.59. The maximum Gasteiger partial charge on any atom is 0.325 e. The SMILES string of the molecule is CC(C)NC(=O)CN1C(=O)NC2(CCCNC2)C1=O. The van der Waals surface area contributed by atoms with Gasteiger partial charge in [0.15, 0.2) is 0 Å². The fraction of sp³-hybridized carbons (Fsp3) is 0.750. The monoisotopic (exact) mass is 268 g/mol. The highest BCUT2D eigenvalue weighted by molar-refractivity contribution is 6.09. The lowest BCUT2D eigenvalue weighted by molar-refractivity contribution is -0.135. The molecule has 0 radical (unpaired) electrons. The number of nitrogens with one attached hydrogen (secondary N) is 3. The quantitative estimate of drug-likeness (QED) is 0.584. The van der Waals surface area contributed by atoms with Gasteiger partial charge in [0.05, 0.1) is 0 Å². The first kappa shape index (κ1) is 13.8. The van der Waals surface area contributed by atoms with Gasteiger partial charge in [0.25, 0.3) is 5.91 Å². The van der Waals surface area contributed by atoms with Crippen LogP contribution in [0.2, 0.25) is 0 Å². The number of hydrogen-bond acceptors (Lipinski definition) is 4. The first-order chi connectivity index (χ1) is 8.94. The van der Waals surface area contributed by atoms with E-state index in [1.54, 1.807) is 0 Å². The van der Waals surface area contributed by atoms with Crippen LogP contribution in [-0.2, 0) is 9.59 Å². The van der Waals surface area contributed by atoms with Crippen LogP contribution in [0.1, 0.15) is 26.7 Å². The van der Waals surface area contributed by atoms with Gasteiger partial charge >= 0.3 is 6.03 Å². The maximum atomic E-state index is 12.3. The second-order valence-corrected chi connectivity index (χ2v) is 5.41. The molecule has 0 aromatic carbocycles. The minimum atomic E-state index is -0.854. The van der Waals surface area contributed by atoms with E-state index in [0.717, 1.165) is 17.9 Å². The van der Waals surface area contributed by atoms with Crippen molar-refractivity contribution in [1.82, 2.24) is 20.9 Å². The van der Waals surface area contributed by atoms with Gasteiger partial charge in [0, 0.05) is 12.6 Å². The zero-order valence-electron chi connectivity index (χ0n) is 11.3. The molecule has 106 valence electrons.